The fourth-order valence-corrected chi connectivity index (χ4v) is 4.53. The number of anilines is 2. The summed E-state index contributed by atoms with van der Waals surface area (Å²) in [6, 6.07) is 17.7. The number of carbonyl (C=O) groups is 1. The third-order valence-corrected chi connectivity index (χ3v) is 6.90. The van der Waals surface area contributed by atoms with Crippen LogP contribution in [-0.4, -0.2) is 59.6 Å². The number of carbonyl (C=O) groups excluding carboxylic acids is 1. The summed E-state index contributed by atoms with van der Waals surface area (Å²) in [6.45, 7) is 7.30. The summed E-state index contributed by atoms with van der Waals surface area (Å²) in [6.07, 6.45) is 10.5. The number of nitrogens with one attached hydrogen (secondary N) is 2. The van der Waals surface area contributed by atoms with Crippen molar-refractivity contribution in [3.8, 4) is 0 Å². The Bertz CT molecular complexity index is 1350. The van der Waals surface area contributed by atoms with Gasteiger partial charge in [0.2, 0.25) is 0 Å². The second-order valence-electron chi connectivity index (χ2n) is 9.85. The van der Waals surface area contributed by atoms with Gasteiger partial charge in [0, 0.05) is 67.6 Å². The number of hydrogen-bond acceptors (Lipinski definition) is 6. The fraction of sp³-hybridized carbons (Fsp3) is 0.258. The zero-order valence-corrected chi connectivity index (χ0v) is 22.0. The highest BCUT2D eigenvalue weighted by Gasteiger charge is 2.14. The van der Waals surface area contributed by atoms with E-state index >= 15 is 0 Å². The lowest BCUT2D eigenvalue weighted by Crippen LogP contribution is -2.43. The van der Waals surface area contributed by atoms with E-state index in [0.29, 0.717) is 5.56 Å². The zero-order chi connectivity index (χ0) is 26.3. The van der Waals surface area contributed by atoms with E-state index in [2.05, 4.69) is 50.7 Å². The highest BCUT2D eigenvalue weighted by atomic mass is 16.1. The molecule has 194 valence electrons. The van der Waals surface area contributed by atoms with Gasteiger partial charge in [-0.1, -0.05) is 24.3 Å². The number of aromatic nitrogens is 1. The fourth-order valence-electron chi connectivity index (χ4n) is 4.53. The Balaban J connectivity index is 1.24. The van der Waals surface area contributed by atoms with Crippen molar-refractivity contribution < 1.29 is 4.79 Å². The van der Waals surface area contributed by atoms with Crippen LogP contribution in [0.5, 0.6) is 0 Å². The quantitative estimate of drug-likeness (QED) is 0.467. The number of piperazine rings is 1. The first kappa shape index (κ1) is 25.6. The summed E-state index contributed by atoms with van der Waals surface area (Å²) in [5, 5.41) is 6.49. The standard InChI is InChI=1S/C31H34N6O/c1-23-9-14-27(20-29(23)35-30-8-4-3-7-28(34-30)26-6-5-15-32-21-26)33-31(38)25-12-10-24(11-13-25)22-37-18-16-36(2)17-19-37/h3,5-15,20-21,35H,4,16-19,22H2,1-2H3,(H,33,38). The minimum absolute atomic E-state index is 0.124. The van der Waals surface area contributed by atoms with Crippen molar-refractivity contribution in [2.24, 2.45) is 4.99 Å². The van der Waals surface area contributed by atoms with Crippen molar-refractivity contribution in [1.82, 2.24) is 14.8 Å². The summed E-state index contributed by atoms with van der Waals surface area (Å²) in [7, 11) is 2.16. The van der Waals surface area contributed by atoms with Crippen molar-refractivity contribution in [2.75, 3.05) is 43.9 Å². The minimum atomic E-state index is -0.124. The molecule has 2 aliphatic rings. The van der Waals surface area contributed by atoms with Gasteiger partial charge in [-0.2, -0.15) is 0 Å². The van der Waals surface area contributed by atoms with Crippen LogP contribution in [0.4, 0.5) is 11.4 Å². The van der Waals surface area contributed by atoms with E-state index < -0.39 is 0 Å². The molecule has 0 radical (unpaired) electrons. The summed E-state index contributed by atoms with van der Waals surface area (Å²) >= 11 is 0. The van der Waals surface area contributed by atoms with Crippen LogP contribution in [0, 0.1) is 6.92 Å². The number of pyridine rings is 1. The molecule has 1 aromatic heterocycles. The van der Waals surface area contributed by atoms with Gasteiger partial charge in [-0.05, 0) is 80.1 Å². The van der Waals surface area contributed by atoms with Gasteiger partial charge in [0.25, 0.3) is 5.91 Å². The van der Waals surface area contributed by atoms with E-state index in [0.717, 1.165) is 73.2 Å². The molecule has 0 saturated carbocycles. The van der Waals surface area contributed by atoms with Gasteiger partial charge in [-0.15, -0.1) is 0 Å². The third kappa shape index (κ3) is 6.62. The molecule has 3 aromatic rings. The molecule has 0 bridgehead atoms. The van der Waals surface area contributed by atoms with Crippen LogP contribution in [0.2, 0.25) is 0 Å². The number of rotatable bonds is 7. The first-order valence-electron chi connectivity index (χ1n) is 13.1. The van der Waals surface area contributed by atoms with Crippen molar-refractivity contribution in [2.45, 2.75) is 19.9 Å². The van der Waals surface area contributed by atoms with E-state index in [9.17, 15) is 4.79 Å². The SMILES string of the molecule is Cc1ccc(NC(=O)c2ccc(CN3CCN(C)CC3)cc2)cc1NC1=CCC=CC(c2cccnc2)=N1. The summed E-state index contributed by atoms with van der Waals surface area (Å²) < 4.78 is 0. The van der Waals surface area contributed by atoms with Crippen molar-refractivity contribution in [1.29, 1.82) is 0 Å². The number of amides is 1. The average Bonchev–Trinajstić information content (AvgIpc) is 3.18. The lowest BCUT2D eigenvalue weighted by atomic mass is 10.1. The zero-order valence-electron chi connectivity index (χ0n) is 22.0. The molecule has 0 atom stereocenters. The van der Waals surface area contributed by atoms with Crippen LogP contribution in [0.1, 0.15) is 33.5 Å². The molecule has 0 spiro atoms. The number of nitrogens with zero attached hydrogens (tertiary/aromatic N) is 4. The number of hydrogen-bond donors (Lipinski definition) is 2. The highest BCUT2D eigenvalue weighted by molar-refractivity contribution is 6.09. The second kappa shape index (κ2) is 12.0. The Hall–Kier alpha value is -4.07. The van der Waals surface area contributed by atoms with Gasteiger partial charge < -0.3 is 15.5 Å². The van der Waals surface area contributed by atoms with E-state index in [-0.39, 0.29) is 5.91 Å². The average molecular weight is 507 g/mol. The van der Waals surface area contributed by atoms with Crippen molar-refractivity contribution >= 4 is 23.0 Å². The van der Waals surface area contributed by atoms with Gasteiger partial charge in [0.15, 0.2) is 0 Å². The Kier molecular flexibility index (Phi) is 8.06. The molecule has 0 unspecified atom stereocenters. The topological polar surface area (TPSA) is 72.9 Å². The second-order valence-corrected chi connectivity index (χ2v) is 9.85. The predicted octanol–water partition coefficient (Wildman–Crippen LogP) is 5.09. The van der Waals surface area contributed by atoms with E-state index in [1.54, 1.807) is 6.20 Å². The van der Waals surface area contributed by atoms with Crippen LogP contribution in [0.15, 0.2) is 96.0 Å². The minimum Gasteiger partial charge on any atom is -0.340 e. The molecule has 0 aliphatic carbocycles. The van der Waals surface area contributed by atoms with Gasteiger partial charge in [-0.25, -0.2) is 4.99 Å². The number of allylic oxidation sites excluding steroid dienone is 3. The van der Waals surface area contributed by atoms with Crippen LogP contribution in [0.25, 0.3) is 0 Å². The van der Waals surface area contributed by atoms with Gasteiger partial charge in [0.05, 0.1) is 5.71 Å². The number of benzene rings is 2. The summed E-state index contributed by atoms with van der Waals surface area (Å²) in [5.74, 6) is 0.636. The number of aliphatic imine (C=N–C) groups is 1. The molecular weight excluding hydrogens is 472 g/mol. The molecule has 2 aliphatic heterocycles. The molecule has 1 saturated heterocycles. The molecular formula is C31H34N6O. The molecule has 5 rings (SSSR count). The Labute approximate surface area is 224 Å². The first-order valence-corrected chi connectivity index (χ1v) is 13.1. The molecule has 1 fully saturated rings. The molecule has 3 heterocycles. The molecule has 7 nitrogen and oxygen atoms in total. The van der Waals surface area contributed by atoms with Gasteiger partial charge in [0.1, 0.15) is 5.82 Å². The maximum absolute atomic E-state index is 13.0. The summed E-state index contributed by atoms with van der Waals surface area (Å²) in [4.78, 5) is 26.8. The van der Waals surface area contributed by atoms with Crippen LogP contribution < -0.4 is 10.6 Å². The molecule has 2 aromatic carbocycles. The van der Waals surface area contributed by atoms with E-state index in [1.165, 1.54) is 5.56 Å². The third-order valence-electron chi connectivity index (χ3n) is 6.90. The number of likely N-dealkylation sites (N-methyl/N-ethyl adjacent to an activating group) is 1. The Morgan fingerprint density at radius 3 is 2.61 bits per heavy atom. The highest BCUT2D eigenvalue weighted by Crippen LogP contribution is 2.24. The van der Waals surface area contributed by atoms with Crippen molar-refractivity contribution in [3.63, 3.8) is 0 Å². The van der Waals surface area contributed by atoms with Crippen molar-refractivity contribution in [3.05, 3.63) is 113 Å². The Morgan fingerprint density at radius 2 is 1.84 bits per heavy atom. The molecule has 2 N–H and O–H groups in total. The smallest absolute Gasteiger partial charge is 0.255 e. The van der Waals surface area contributed by atoms with Crippen LogP contribution in [0.3, 0.4) is 0 Å². The van der Waals surface area contributed by atoms with E-state index in [1.807, 2.05) is 67.7 Å². The van der Waals surface area contributed by atoms with E-state index in [4.69, 9.17) is 4.99 Å². The van der Waals surface area contributed by atoms with Gasteiger partial charge in [-0.3, -0.25) is 14.7 Å². The molecule has 1 amide bonds. The molecule has 38 heavy (non-hydrogen) atoms. The monoisotopic (exact) mass is 506 g/mol. The maximum Gasteiger partial charge on any atom is 0.255 e. The molecule has 7 heteroatoms. The Morgan fingerprint density at radius 1 is 1.03 bits per heavy atom. The maximum atomic E-state index is 13.0. The summed E-state index contributed by atoms with van der Waals surface area (Å²) in [5.41, 5.74) is 6.38. The van der Waals surface area contributed by atoms with Crippen LogP contribution in [-0.2, 0) is 6.54 Å². The first-order chi connectivity index (χ1) is 18.5. The lowest BCUT2D eigenvalue weighted by Gasteiger charge is -2.32. The number of aryl methyl sites for hydroxylation is 1. The largest absolute Gasteiger partial charge is 0.340 e. The van der Waals surface area contributed by atoms with Crippen LogP contribution >= 0.6 is 0 Å². The van der Waals surface area contributed by atoms with Gasteiger partial charge >= 0.3 is 0 Å². The predicted molar refractivity (Wildman–Crippen MR) is 155 cm³/mol. The normalized spacial score (nSPS) is 16.4. The lowest BCUT2D eigenvalue weighted by molar-refractivity contribution is 0.102.